The number of nitrogens with two attached hydrogens (primary N) is 1. The lowest BCUT2D eigenvalue weighted by Crippen LogP contribution is -2.30. The summed E-state index contributed by atoms with van der Waals surface area (Å²) >= 11 is 0. The molecular weight excluding hydrogens is 156 g/mol. The second-order valence-corrected chi connectivity index (χ2v) is 2.64. The third-order valence-corrected chi connectivity index (χ3v) is 1.87. The fraction of sp³-hybridized carbons (Fsp3) is 0.429. The fourth-order valence-electron chi connectivity index (χ4n) is 1.17. The first-order chi connectivity index (χ1) is 5.57. The molecule has 5 heteroatoms. The number of carbonyl (C=O) groups is 1. The fourth-order valence-corrected chi connectivity index (χ4v) is 1.17. The Morgan fingerprint density at radius 1 is 1.58 bits per heavy atom. The van der Waals surface area contributed by atoms with Gasteiger partial charge in [0.15, 0.2) is 0 Å². The normalized spacial score (nSPS) is 10.0. The third kappa shape index (κ3) is 1.18. The molecule has 0 atom stereocenters. The summed E-state index contributed by atoms with van der Waals surface area (Å²) in [5.74, 6) is 4.72. The van der Waals surface area contributed by atoms with Crippen molar-refractivity contribution in [1.29, 1.82) is 0 Å². The minimum Gasteiger partial charge on any atom is -0.290 e. The van der Waals surface area contributed by atoms with Crippen molar-refractivity contribution >= 4 is 5.91 Å². The van der Waals surface area contributed by atoms with Crippen LogP contribution in [0.15, 0.2) is 0 Å². The molecule has 1 aromatic heterocycles. The highest BCUT2D eigenvalue weighted by atomic mass is 16.2. The summed E-state index contributed by atoms with van der Waals surface area (Å²) in [6.45, 7) is 3.60. The van der Waals surface area contributed by atoms with Gasteiger partial charge < -0.3 is 0 Å². The van der Waals surface area contributed by atoms with Gasteiger partial charge in [0.2, 0.25) is 0 Å². The van der Waals surface area contributed by atoms with E-state index in [2.05, 4.69) is 10.5 Å². The molecule has 0 spiro atoms. The van der Waals surface area contributed by atoms with Crippen molar-refractivity contribution in [3.05, 3.63) is 17.0 Å². The van der Waals surface area contributed by atoms with E-state index >= 15 is 0 Å². The van der Waals surface area contributed by atoms with Gasteiger partial charge in [0.25, 0.3) is 5.91 Å². The Kier molecular flexibility index (Phi) is 2.14. The molecule has 1 amide bonds. The van der Waals surface area contributed by atoms with Gasteiger partial charge in [0.05, 0.1) is 11.3 Å². The molecule has 66 valence electrons. The van der Waals surface area contributed by atoms with Crippen molar-refractivity contribution in [2.75, 3.05) is 0 Å². The lowest BCUT2D eigenvalue weighted by atomic mass is 10.2. The van der Waals surface area contributed by atoms with Crippen molar-refractivity contribution in [3.63, 3.8) is 0 Å². The van der Waals surface area contributed by atoms with Crippen molar-refractivity contribution in [1.82, 2.24) is 15.2 Å². The SMILES string of the molecule is Cc1nn(C)c(C)c1C(=O)NN. The molecule has 0 aromatic carbocycles. The zero-order valence-corrected chi connectivity index (χ0v) is 7.38. The average Bonchev–Trinajstić information content (AvgIpc) is 2.26. The summed E-state index contributed by atoms with van der Waals surface area (Å²) in [5.41, 5.74) is 4.15. The van der Waals surface area contributed by atoms with Crippen molar-refractivity contribution < 1.29 is 4.79 Å². The summed E-state index contributed by atoms with van der Waals surface area (Å²) in [5, 5.41) is 4.08. The Bertz CT molecular complexity index is 315. The predicted octanol–water partition coefficient (Wildman–Crippen LogP) is -0.360. The van der Waals surface area contributed by atoms with Gasteiger partial charge >= 0.3 is 0 Å². The van der Waals surface area contributed by atoms with Gasteiger partial charge in [-0.2, -0.15) is 5.10 Å². The van der Waals surface area contributed by atoms with Gasteiger partial charge in [-0.3, -0.25) is 14.9 Å². The van der Waals surface area contributed by atoms with E-state index in [0.717, 1.165) is 5.69 Å². The number of rotatable bonds is 1. The Balaban J connectivity index is 3.22. The van der Waals surface area contributed by atoms with E-state index in [1.807, 2.05) is 6.92 Å². The molecule has 0 radical (unpaired) electrons. The van der Waals surface area contributed by atoms with E-state index in [1.54, 1.807) is 18.7 Å². The molecule has 0 saturated carbocycles. The van der Waals surface area contributed by atoms with E-state index in [-0.39, 0.29) is 5.91 Å². The molecule has 1 heterocycles. The quantitative estimate of drug-likeness (QED) is 0.341. The second kappa shape index (κ2) is 2.94. The molecule has 0 aliphatic carbocycles. The maximum Gasteiger partial charge on any atom is 0.268 e. The number of aryl methyl sites for hydroxylation is 2. The van der Waals surface area contributed by atoms with Crippen LogP contribution in [0.4, 0.5) is 0 Å². The standard InChI is InChI=1S/C7H12N4O/c1-4-6(7(12)9-8)5(2)11(3)10-4/h8H2,1-3H3,(H,9,12). The van der Waals surface area contributed by atoms with E-state index in [4.69, 9.17) is 5.84 Å². The Hall–Kier alpha value is -1.36. The Labute approximate surface area is 70.5 Å². The molecule has 0 aliphatic rings. The van der Waals surface area contributed by atoms with Gasteiger partial charge in [-0.15, -0.1) is 0 Å². The molecule has 1 rings (SSSR count). The summed E-state index contributed by atoms with van der Waals surface area (Å²) < 4.78 is 1.65. The molecule has 0 aliphatic heterocycles. The van der Waals surface area contributed by atoms with Crippen LogP contribution in [0, 0.1) is 13.8 Å². The molecule has 0 bridgehead atoms. The number of hydrogen-bond acceptors (Lipinski definition) is 3. The third-order valence-electron chi connectivity index (χ3n) is 1.87. The number of nitrogens with one attached hydrogen (secondary N) is 1. The van der Waals surface area contributed by atoms with Crippen LogP contribution < -0.4 is 11.3 Å². The lowest BCUT2D eigenvalue weighted by Gasteiger charge is -1.98. The zero-order valence-electron chi connectivity index (χ0n) is 7.38. The topological polar surface area (TPSA) is 72.9 Å². The van der Waals surface area contributed by atoms with E-state index < -0.39 is 0 Å². The monoisotopic (exact) mass is 168 g/mol. The highest BCUT2D eigenvalue weighted by Crippen LogP contribution is 2.10. The highest BCUT2D eigenvalue weighted by molar-refractivity contribution is 5.95. The number of carbonyl (C=O) groups excluding carboxylic acids is 1. The lowest BCUT2D eigenvalue weighted by molar-refractivity contribution is 0.0952. The molecule has 0 fully saturated rings. The van der Waals surface area contributed by atoms with Crippen LogP contribution in [-0.2, 0) is 7.05 Å². The molecule has 0 unspecified atom stereocenters. The Morgan fingerprint density at radius 3 is 2.50 bits per heavy atom. The molecule has 0 saturated heterocycles. The first-order valence-corrected chi connectivity index (χ1v) is 3.59. The maximum absolute atomic E-state index is 11.2. The number of aromatic nitrogens is 2. The van der Waals surface area contributed by atoms with Crippen molar-refractivity contribution in [2.45, 2.75) is 13.8 Å². The molecule has 1 aromatic rings. The number of nitrogens with zero attached hydrogens (tertiary/aromatic N) is 2. The van der Waals surface area contributed by atoms with Gasteiger partial charge in [0, 0.05) is 12.7 Å². The summed E-state index contributed by atoms with van der Waals surface area (Å²) in [4.78, 5) is 11.2. The van der Waals surface area contributed by atoms with Crippen molar-refractivity contribution in [2.24, 2.45) is 12.9 Å². The Morgan fingerprint density at radius 2 is 2.17 bits per heavy atom. The zero-order chi connectivity index (χ0) is 9.30. The van der Waals surface area contributed by atoms with Crippen LogP contribution in [-0.4, -0.2) is 15.7 Å². The van der Waals surface area contributed by atoms with Crippen LogP contribution in [0.2, 0.25) is 0 Å². The highest BCUT2D eigenvalue weighted by Gasteiger charge is 2.15. The van der Waals surface area contributed by atoms with Crippen LogP contribution in [0.25, 0.3) is 0 Å². The average molecular weight is 168 g/mol. The van der Waals surface area contributed by atoms with Crippen LogP contribution in [0.1, 0.15) is 21.7 Å². The minimum atomic E-state index is -0.293. The minimum absolute atomic E-state index is 0.293. The molecule has 5 nitrogen and oxygen atoms in total. The predicted molar refractivity (Wildman–Crippen MR) is 44.3 cm³/mol. The van der Waals surface area contributed by atoms with E-state index in [9.17, 15) is 4.79 Å². The number of hydrogen-bond donors (Lipinski definition) is 2. The van der Waals surface area contributed by atoms with Gasteiger partial charge in [-0.25, -0.2) is 5.84 Å². The van der Waals surface area contributed by atoms with Crippen LogP contribution >= 0.6 is 0 Å². The molecule has 12 heavy (non-hydrogen) atoms. The first kappa shape index (κ1) is 8.73. The maximum atomic E-state index is 11.2. The summed E-state index contributed by atoms with van der Waals surface area (Å²) in [6.07, 6.45) is 0. The van der Waals surface area contributed by atoms with Crippen LogP contribution in [0.3, 0.4) is 0 Å². The largest absolute Gasteiger partial charge is 0.290 e. The van der Waals surface area contributed by atoms with Crippen molar-refractivity contribution in [3.8, 4) is 0 Å². The van der Waals surface area contributed by atoms with Gasteiger partial charge in [-0.1, -0.05) is 0 Å². The molecular formula is C7H12N4O. The smallest absolute Gasteiger partial charge is 0.268 e. The van der Waals surface area contributed by atoms with E-state index in [1.165, 1.54) is 0 Å². The van der Waals surface area contributed by atoms with Gasteiger partial charge in [-0.05, 0) is 13.8 Å². The second-order valence-electron chi connectivity index (χ2n) is 2.64. The van der Waals surface area contributed by atoms with Crippen LogP contribution in [0.5, 0.6) is 0 Å². The van der Waals surface area contributed by atoms with E-state index in [0.29, 0.717) is 11.3 Å². The number of hydrazine groups is 1. The summed E-state index contributed by atoms with van der Waals surface area (Å²) in [7, 11) is 1.79. The summed E-state index contributed by atoms with van der Waals surface area (Å²) in [6, 6.07) is 0. The first-order valence-electron chi connectivity index (χ1n) is 3.59. The molecule has 3 N–H and O–H groups in total. The van der Waals surface area contributed by atoms with Gasteiger partial charge in [0.1, 0.15) is 0 Å². The number of amides is 1. The number of nitrogen functional groups attached to an aromatic ring is 1.